The number of benzene rings is 3. The Hall–Kier alpha value is -2.05. The van der Waals surface area contributed by atoms with Gasteiger partial charge in [0.25, 0.3) is 0 Å². The topological polar surface area (TPSA) is 0 Å². The Morgan fingerprint density at radius 2 is 1.00 bits per heavy atom. The molecular weight excluding hydrogens is 288 g/mol. The molecule has 3 aromatic carbocycles. The highest BCUT2D eigenvalue weighted by atomic mass is 35.5. The summed E-state index contributed by atoms with van der Waals surface area (Å²) in [6.07, 6.45) is 0. The smallest absolute Gasteiger partial charge is 0.101 e. The number of alkyl halides is 1. The Bertz CT molecular complexity index is 665. The first-order valence-electron chi connectivity index (χ1n) is 7.58. The van der Waals surface area contributed by atoms with Gasteiger partial charge in [-0.25, -0.2) is 0 Å². The minimum atomic E-state index is -0.579. The van der Waals surface area contributed by atoms with E-state index < -0.39 is 4.87 Å². The van der Waals surface area contributed by atoms with Crippen LogP contribution < -0.4 is 0 Å². The van der Waals surface area contributed by atoms with E-state index >= 15 is 0 Å². The molecule has 0 heterocycles. The molecule has 0 spiro atoms. The SMILES string of the molecule is CC(c1ccccc1)C(Cl)(c1ccccc1)c1ccccc1. The number of hydrogen-bond acceptors (Lipinski definition) is 0. The van der Waals surface area contributed by atoms with Gasteiger partial charge in [0, 0.05) is 5.92 Å². The maximum absolute atomic E-state index is 7.28. The van der Waals surface area contributed by atoms with Crippen molar-refractivity contribution in [1.29, 1.82) is 0 Å². The summed E-state index contributed by atoms with van der Waals surface area (Å²) >= 11 is 7.28. The van der Waals surface area contributed by atoms with E-state index in [0.29, 0.717) is 0 Å². The number of rotatable bonds is 4. The summed E-state index contributed by atoms with van der Waals surface area (Å²) in [5.74, 6) is 0.153. The second-order valence-corrected chi connectivity index (χ2v) is 6.17. The van der Waals surface area contributed by atoms with Gasteiger partial charge in [0.1, 0.15) is 4.87 Å². The van der Waals surface area contributed by atoms with E-state index in [1.165, 1.54) is 5.56 Å². The van der Waals surface area contributed by atoms with Crippen LogP contribution in [0.15, 0.2) is 91.0 Å². The van der Waals surface area contributed by atoms with Crippen molar-refractivity contribution >= 4 is 11.6 Å². The third kappa shape index (κ3) is 2.67. The van der Waals surface area contributed by atoms with Crippen LogP contribution in [-0.4, -0.2) is 0 Å². The standard InChI is InChI=1S/C21H19Cl/c1-17(18-11-5-2-6-12-18)21(22,19-13-7-3-8-14-19)20-15-9-4-10-16-20/h2-17H,1H3. The second-order valence-electron chi connectivity index (χ2n) is 5.58. The molecule has 22 heavy (non-hydrogen) atoms. The maximum Gasteiger partial charge on any atom is 0.101 e. The van der Waals surface area contributed by atoms with Gasteiger partial charge < -0.3 is 0 Å². The van der Waals surface area contributed by atoms with Gasteiger partial charge in [-0.2, -0.15) is 0 Å². The summed E-state index contributed by atoms with van der Waals surface area (Å²) in [6.45, 7) is 2.20. The lowest BCUT2D eigenvalue weighted by atomic mass is 9.77. The van der Waals surface area contributed by atoms with Crippen LogP contribution >= 0.6 is 11.6 Å². The van der Waals surface area contributed by atoms with E-state index in [-0.39, 0.29) is 5.92 Å². The molecule has 0 fully saturated rings. The van der Waals surface area contributed by atoms with E-state index in [0.717, 1.165) is 11.1 Å². The van der Waals surface area contributed by atoms with Crippen molar-refractivity contribution in [1.82, 2.24) is 0 Å². The van der Waals surface area contributed by atoms with Gasteiger partial charge in [0.15, 0.2) is 0 Å². The van der Waals surface area contributed by atoms with E-state index in [4.69, 9.17) is 11.6 Å². The van der Waals surface area contributed by atoms with Crippen LogP contribution in [0.2, 0.25) is 0 Å². The lowest BCUT2D eigenvalue weighted by Crippen LogP contribution is -2.27. The lowest BCUT2D eigenvalue weighted by Gasteiger charge is -2.35. The first kappa shape index (κ1) is 14.9. The monoisotopic (exact) mass is 306 g/mol. The molecule has 3 aromatic rings. The highest BCUT2D eigenvalue weighted by Gasteiger charge is 2.38. The zero-order valence-electron chi connectivity index (χ0n) is 12.6. The van der Waals surface area contributed by atoms with Crippen molar-refractivity contribution < 1.29 is 0 Å². The number of hydrogen-bond donors (Lipinski definition) is 0. The van der Waals surface area contributed by atoms with Crippen molar-refractivity contribution in [2.45, 2.75) is 17.7 Å². The minimum absolute atomic E-state index is 0.153. The molecule has 0 bridgehead atoms. The fourth-order valence-corrected chi connectivity index (χ4v) is 3.38. The molecule has 0 aliphatic heterocycles. The van der Waals surface area contributed by atoms with Crippen LogP contribution in [0.25, 0.3) is 0 Å². The van der Waals surface area contributed by atoms with E-state index in [9.17, 15) is 0 Å². The zero-order chi connectivity index (χ0) is 15.4. The summed E-state index contributed by atoms with van der Waals surface area (Å²) in [4.78, 5) is -0.579. The van der Waals surface area contributed by atoms with Crippen LogP contribution in [0.3, 0.4) is 0 Å². The van der Waals surface area contributed by atoms with Crippen molar-refractivity contribution in [2.75, 3.05) is 0 Å². The molecule has 3 rings (SSSR count). The molecule has 0 radical (unpaired) electrons. The Labute approximate surface area is 137 Å². The fourth-order valence-electron chi connectivity index (χ4n) is 3.00. The Morgan fingerprint density at radius 1 is 0.636 bits per heavy atom. The molecule has 0 aliphatic carbocycles. The van der Waals surface area contributed by atoms with Crippen LogP contribution in [0.5, 0.6) is 0 Å². The van der Waals surface area contributed by atoms with Crippen molar-refractivity contribution in [2.24, 2.45) is 0 Å². The zero-order valence-corrected chi connectivity index (χ0v) is 13.4. The van der Waals surface area contributed by atoms with Crippen molar-refractivity contribution in [3.63, 3.8) is 0 Å². The summed E-state index contributed by atoms with van der Waals surface area (Å²) in [7, 11) is 0. The predicted molar refractivity (Wildman–Crippen MR) is 94.4 cm³/mol. The lowest BCUT2D eigenvalue weighted by molar-refractivity contribution is 0.592. The first-order valence-corrected chi connectivity index (χ1v) is 7.95. The molecule has 110 valence electrons. The summed E-state index contributed by atoms with van der Waals surface area (Å²) in [5, 5.41) is 0. The molecule has 1 heteroatoms. The Balaban J connectivity index is 2.16. The normalized spacial score (nSPS) is 12.8. The van der Waals surface area contributed by atoms with E-state index in [1.807, 2.05) is 42.5 Å². The third-order valence-corrected chi connectivity index (χ3v) is 5.05. The predicted octanol–water partition coefficient (Wildman–Crippen LogP) is 5.97. The molecule has 0 N–H and O–H groups in total. The Morgan fingerprint density at radius 3 is 1.41 bits per heavy atom. The third-order valence-electron chi connectivity index (χ3n) is 4.28. The molecule has 0 aliphatic rings. The van der Waals surface area contributed by atoms with Gasteiger partial charge in [0.2, 0.25) is 0 Å². The van der Waals surface area contributed by atoms with Crippen molar-refractivity contribution in [3.8, 4) is 0 Å². The van der Waals surface area contributed by atoms with Gasteiger partial charge in [0.05, 0.1) is 0 Å². The van der Waals surface area contributed by atoms with Gasteiger partial charge in [-0.05, 0) is 16.7 Å². The van der Waals surface area contributed by atoms with Gasteiger partial charge in [-0.3, -0.25) is 0 Å². The molecule has 0 aromatic heterocycles. The van der Waals surface area contributed by atoms with E-state index in [1.54, 1.807) is 0 Å². The van der Waals surface area contributed by atoms with Gasteiger partial charge in [-0.15, -0.1) is 11.6 Å². The quantitative estimate of drug-likeness (QED) is 0.521. The molecule has 0 saturated heterocycles. The van der Waals surface area contributed by atoms with Crippen molar-refractivity contribution in [3.05, 3.63) is 108 Å². The van der Waals surface area contributed by atoms with Gasteiger partial charge in [-0.1, -0.05) is 97.9 Å². The molecule has 0 saturated carbocycles. The summed E-state index contributed by atoms with van der Waals surface area (Å²) in [5.41, 5.74) is 3.49. The number of halogens is 1. The molecule has 1 unspecified atom stereocenters. The van der Waals surface area contributed by atoms with Crippen LogP contribution in [0, 0.1) is 0 Å². The van der Waals surface area contributed by atoms with E-state index in [2.05, 4.69) is 55.5 Å². The fraction of sp³-hybridized carbons (Fsp3) is 0.143. The molecule has 1 atom stereocenters. The minimum Gasteiger partial charge on any atom is -0.108 e. The largest absolute Gasteiger partial charge is 0.108 e. The molecule has 0 amide bonds. The molecular formula is C21H19Cl. The molecule has 0 nitrogen and oxygen atoms in total. The van der Waals surface area contributed by atoms with Crippen LogP contribution in [0.1, 0.15) is 29.5 Å². The van der Waals surface area contributed by atoms with Gasteiger partial charge >= 0.3 is 0 Å². The first-order chi connectivity index (χ1) is 10.7. The van der Waals surface area contributed by atoms with Crippen LogP contribution in [0.4, 0.5) is 0 Å². The maximum atomic E-state index is 7.28. The summed E-state index contributed by atoms with van der Waals surface area (Å²) < 4.78 is 0. The second kappa shape index (κ2) is 6.37. The highest BCUT2D eigenvalue weighted by molar-refractivity contribution is 6.26. The average Bonchev–Trinajstić information content (AvgIpc) is 2.62. The average molecular weight is 307 g/mol. The van der Waals surface area contributed by atoms with Crippen LogP contribution in [-0.2, 0) is 4.87 Å². The Kier molecular flexibility index (Phi) is 4.31. The highest BCUT2D eigenvalue weighted by Crippen LogP contribution is 2.47. The summed E-state index contributed by atoms with van der Waals surface area (Å²) in [6, 6.07) is 31.2.